The molecule has 2 fully saturated rings. The highest BCUT2D eigenvalue weighted by atomic mass is 16.5. The van der Waals surface area contributed by atoms with Crippen LogP contribution in [0.15, 0.2) is 12.1 Å². The third-order valence-corrected chi connectivity index (χ3v) is 6.22. The van der Waals surface area contributed by atoms with Crippen LogP contribution in [0.5, 0.6) is 17.2 Å². The van der Waals surface area contributed by atoms with Crippen molar-refractivity contribution in [2.24, 2.45) is 0 Å². The third-order valence-electron chi connectivity index (χ3n) is 6.22. The second-order valence-corrected chi connectivity index (χ2v) is 8.09. The Kier molecular flexibility index (Phi) is 8.40. The Hall–Kier alpha value is -2.48. The monoisotopic (exact) mass is 433 g/mol. The molecule has 0 radical (unpaired) electrons. The number of benzene rings is 1. The van der Waals surface area contributed by atoms with Crippen molar-refractivity contribution in [2.45, 2.75) is 44.6 Å². The van der Waals surface area contributed by atoms with Crippen LogP contribution in [0.4, 0.5) is 0 Å². The number of piperazine rings is 1. The van der Waals surface area contributed by atoms with Crippen LogP contribution >= 0.6 is 0 Å². The molecule has 0 unspecified atom stereocenters. The number of hydrogen-bond acceptors (Lipinski definition) is 6. The maximum Gasteiger partial charge on any atom is 0.254 e. The van der Waals surface area contributed by atoms with E-state index in [1.165, 1.54) is 27.8 Å². The summed E-state index contributed by atoms with van der Waals surface area (Å²) in [5.74, 6) is 1.37. The highest BCUT2D eigenvalue weighted by molar-refractivity contribution is 5.96. The summed E-state index contributed by atoms with van der Waals surface area (Å²) in [4.78, 5) is 30.1. The molecule has 2 amide bonds. The van der Waals surface area contributed by atoms with Gasteiger partial charge in [-0.15, -0.1) is 0 Å². The van der Waals surface area contributed by atoms with Gasteiger partial charge in [0.15, 0.2) is 11.5 Å². The fourth-order valence-corrected chi connectivity index (χ4v) is 4.50. The third kappa shape index (κ3) is 5.61. The molecule has 8 heteroatoms. The standard InChI is InChI=1S/C23H35N3O5/c1-29-19-15-17(16-20(30-2)22(19)31-3)23(28)26(18-7-5-4-6-8-18)12-9-21(27)25-13-10-24-11-14-25/h15-16,18,24H,4-14H2,1-3H3. The Bertz CT molecular complexity index is 733. The van der Waals surface area contributed by atoms with E-state index >= 15 is 0 Å². The highest BCUT2D eigenvalue weighted by Gasteiger charge is 2.29. The second kappa shape index (κ2) is 11.2. The largest absolute Gasteiger partial charge is 0.493 e. The van der Waals surface area contributed by atoms with E-state index in [1.807, 2.05) is 9.80 Å². The number of carbonyl (C=O) groups is 2. The molecule has 8 nitrogen and oxygen atoms in total. The maximum atomic E-state index is 13.6. The lowest BCUT2D eigenvalue weighted by atomic mass is 9.93. The molecule has 1 saturated heterocycles. The van der Waals surface area contributed by atoms with E-state index in [0.29, 0.717) is 35.8 Å². The summed E-state index contributed by atoms with van der Waals surface area (Å²) in [6.07, 6.45) is 5.69. The summed E-state index contributed by atoms with van der Waals surface area (Å²) in [7, 11) is 4.62. The first-order valence-electron chi connectivity index (χ1n) is 11.2. The van der Waals surface area contributed by atoms with Gasteiger partial charge in [0.1, 0.15) is 0 Å². The quantitative estimate of drug-likeness (QED) is 0.678. The minimum atomic E-state index is -0.0979. The van der Waals surface area contributed by atoms with Crippen LogP contribution in [0, 0.1) is 0 Å². The van der Waals surface area contributed by atoms with Crippen LogP contribution in [-0.4, -0.2) is 81.7 Å². The lowest BCUT2D eigenvalue weighted by molar-refractivity contribution is -0.132. The molecule has 0 aromatic heterocycles. The Morgan fingerprint density at radius 2 is 1.61 bits per heavy atom. The lowest BCUT2D eigenvalue weighted by Crippen LogP contribution is -2.48. The van der Waals surface area contributed by atoms with Gasteiger partial charge in [0.25, 0.3) is 5.91 Å². The van der Waals surface area contributed by atoms with Crippen molar-refractivity contribution < 1.29 is 23.8 Å². The Labute approximate surface area is 184 Å². The number of amides is 2. The van der Waals surface area contributed by atoms with Gasteiger partial charge in [-0.25, -0.2) is 0 Å². The first-order chi connectivity index (χ1) is 15.1. The minimum Gasteiger partial charge on any atom is -0.493 e. The average molecular weight is 434 g/mol. The first-order valence-corrected chi connectivity index (χ1v) is 11.2. The average Bonchev–Trinajstić information content (AvgIpc) is 2.84. The molecule has 0 atom stereocenters. The van der Waals surface area contributed by atoms with Crippen LogP contribution in [0.1, 0.15) is 48.9 Å². The second-order valence-electron chi connectivity index (χ2n) is 8.09. The highest BCUT2D eigenvalue weighted by Crippen LogP contribution is 2.39. The number of ether oxygens (including phenoxy) is 3. The number of carbonyl (C=O) groups excluding carboxylic acids is 2. The van der Waals surface area contributed by atoms with E-state index in [0.717, 1.165) is 51.9 Å². The normalized spacial score (nSPS) is 17.2. The summed E-state index contributed by atoms with van der Waals surface area (Å²) < 4.78 is 16.2. The molecule has 0 spiro atoms. The van der Waals surface area contributed by atoms with Crippen molar-refractivity contribution in [3.63, 3.8) is 0 Å². The summed E-state index contributed by atoms with van der Waals surface area (Å²) in [5.41, 5.74) is 0.481. The molecule has 0 bridgehead atoms. The zero-order valence-corrected chi connectivity index (χ0v) is 18.9. The Morgan fingerprint density at radius 1 is 1.00 bits per heavy atom. The Balaban J connectivity index is 1.81. The smallest absolute Gasteiger partial charge is 0.254 e. The van der Waals surface area contributed by atoms with Crippen LogP contribution in [0.25, 0.3) is 0 Å². The van der Waals surface area contributed by atoms with Gasteiger partial charge in [0.2, 0.25) is 11.7 Å². The Morgan fingerprint density at radius 3 is 2.16 bits per heavy atom. The minimum absolute atomic E-state index is 0.0979. The van der Waals surface area contributed by atoms with Gasteiger partial charge >= 0.3 is 0 Å². The molecule has 2 aliphatic rings. The van der Waals surface area contributed by atoms with Gasteiger partial charge < -0.3 is 29.3 Å². The van der Waals surface area contributed by atoms with Crippen molar-refractivity contribution in [1.29, 1.82) is 0 Å². The van der Waals surface area contributed by atoms with E-state index < -0.39 is 0 Å². The zero-order valence-electron chi connectivity index (χ0n) is 18.9. The van der Waals surface area contributed by atoms with E-state index in [9.17, 15) is 9.59 Å². The molecule has 1 aromatic carbocycles. The van der Waals surface area contributed by atoms with Crippen molar-refractivity contribution in [1.82, 2.24) is 15.1 Å². The van der Waals surface area contributed by atoms with Crippen LogP contribution in [-0.2, 0) is 4.79 Å². The predicted octanol–water partition coefficient (Wildman–Crippen LogP) is 2.31. The zero-order chi connectivity index (χ0) is 22.2. The molecule has 1 aliphatic heterocycles. The molecule has 3 rings (SSSR count). The number of nitrogens with zero attached hydrogens (tertiary/aromatic N) is 2. The van der Waals surface area contributed by atoms with Gasteiger partial charge in [0, 0.05) is 50.7 Å². The molecule has 31 heavy (non-hydrogen) atoms. The van der Waals surface area contributed by atoms with E-state index in [-0.39, 0.29) is 17.9 Å². The summed E-state index contributed by atoms with van der Waals surface area (Å²) in [6.45, 7) is 3.51. The van der Waals surface area contributed by atoms with Crippen molar-refractivity contribution in [2.75, 3.05) is 54.1 Å². The first kappa shape index (κ1) is 23.2. The summed E-state index contributed by atoms with van der Waals surface area (Å²) in [6, 6.07) is 3.53. The van der Waals surface area contributed by atoms with Crippen molar-refractivity contribution >= 4 is 11.8 Å². The molecule has 1 heterocycles. The number of hydrogen-bond donors (Lipinski definition) is 1. The van der Waals surface area contributed by atoms with Gasteiger partial charge in [0.05, 0.1) is 21.3 Å². The van der Waals surface area contributed by atoms with Crippen LogP contribution < -0.4 is 19.5 Å². The molecule has 1 aliphatic carbocycles. The fraction of sp³-hybridized carbons (Fsp3) is 0.652. The summed E-state index contributed by atoms with van der Waals surface area (Å²) in [5, 5.41) is 3.26. The molecule has 172 valence electrons. The van der Waals surface area contributed by atoms with E-state index in [4.69, 9.17) is 14.2 Å². The lowest BCUT2D eigenvalue weighted by Gasteiger charge is -2.35. The van der Waals surface area contributed by atoms with Crippen molar-refractivity contribution in [3.8, 4) is 17.2 Å². The van der Waals surface area contributed by atoms with E-state index in [2.05, 4.69) is 5.32 Å². The molecular formula is C23H35N3O5. The number of rotatable bonds is 8. The van der Waals surface area contributed by atoms with Crippen LogP contribution in [0.2, 0.25) is 0 Å². The fourth-order valence-electron chi connectivity index (χ4n) is 4.50. The number of nitrogens with one attached hydrogen (secondary N) is 1. The van der Waals surface area contributed by atoms with Crippen LogP contribution in [0.3, 0.4) is 0 Å². The molecule has 1 aromatic rings. The van der Waals surface area contributed by atoms with Gasteiger partial charge in [-0.2, -0.15) is 0 Å². The predicted molar refractivity (Wildman–Crippen MR) is 118 cm³/mol. The molecular weight excluding hydrogens is 398 g/mol. The molecule has 1 N–H and O–H groups in total. The van der Waals surface area contributed by atoms with Crippen molar-refractivity contribution in [3.05, 3.63) is 17.7 Å². The molecule has 1 saturated carbocycles. The summed E-state index contributed by atoms with van der Waals surface area (Å²) >= 11 is 0. The number of methoxy groups -OCH3 is 3. The SMILES string of the molecule is COc1cc(C(=O)N(CCC(=O)N2CCNCC2)C2CCCCC2)cc(OC)c1OC. The maximum absolute atomic E-state index is 13.6. The van der Waals surface area contributed by atoms with Gasteiger partial charge in [-0.05, 0) is 25.0 Å². The van der Waals surface area contributed by atoms with Gasteiger partial charge in [-0.3, -0.25) is 9.59 Å². The van der Waals surface area contributed by atoms with E-state index in [1.54, 1.807) is 12.1 Å². The van der Waals surface area contributed by atoms with Gasteiger partial charge in [-0.1, -0.05) is 19.3 Å². The topological polar surface area (TPSA) is 80.3 Å².